The minimum atomic E-state index is -0.781. The molecule has 0 spiro atoms. The van der Waals surface area contributed by atoms with Crippen molar-refractivity contribution in [1.29, 1.82) is 0 Å². The molecule has 1 fully saturated rings. The second kappa shape index (κ2) is 11.9. The molecule has 202 valence electrons. The Morgan fingerprint density at radius 2 is 1.87 bits per heavy atom. The van der Waals surface area contributed by atoms with Crippen molar-refractivity contribution in [2.45, 2.75) is 78.1 Å². The van der Waals surface area contributed by atoms with Crippen molar-refractivity contribution in [3.8, 4) is 0 Å². The first-order valence-electron chi connectivity index (χ1n) is 13.3. The number of aromatic nitrogens is 1. The Kier molecular flexibility index (Phi) is 8.56. The zero-order valence-electron chi connectivity index (χ0n) is 22.7. The molecule has 9 heteroatoms. The molecule has 2 N–H and O–H groups in total. The molecular weight excluding hydrogens is 482 g/mol. The summed E-state index contributed by atoms with van der Waals surface area (Å²) in [5.41, 5.74) is 6.28. The molecule has 4 atom stereocenters. The summed E-state index contributed by atoms with van der Waals surface area (Å²) >= 11 is 0. The van der Waals surface area contributed by atoms with Crippen LogP contribution in [0.4, 0.5) is 0 Å². The molecule has 3 heterocycles. The number of aliphatic imine (C=N–C) groups is 1. The van der Waals surface area contributed by atoms with Gasteiger partial charge in [0.2, 0.25) is 5.91 Å². The van der Waals surface area contributed by atoms with E-state index in [9.17, 15) is 14.4 Å². The number of hydrogen-bond acceptors (Lipinski definition) is 7. The lowest BCUT2D eigenvalue weighted by molar-refractivity contribution is -0.157. The van der Waals surface area contributed by atoms with E-state index in [0.717, 1.165) is 22.2 Å². The number of carbonyl (C=O) groups is 3. The normalized spacial score (nSPS) is 26.6. The van der Waals surface area contributed by atoms with Crippen LogP contribution in [0, 0.1) is 5.92 Å². The van der Waals surface area contributed by atoms with Crippen LogP contribution in [0.3, 0.4) is 0 Å². The Labute approximate surface area is 223 Å². The number of allylic oxidation sites excluding steroid dienone is 1. The number of cyclic esters (lactones) is 1. The second-order valence-corrected chi connectivity index (χ2v) is 10.5. The Morgan fingerprint density at radius 3 is 2.63 bits per heavy atom. The summed E-state index contributed by atoms with van der Waals surface area (Å²) in [5, 5.41) is 5.22. The van der Waals surface area contributed by atoms with Crippen molar-refractivity contribution in [3.63, 3.8) is 0 Å². The van der Waals surface area contributed by atoms with Gasteiger partial charge in [0.15, 0.2) is 0 Å². The quantitative estimate of drug-likeness (QED) is 0.555. The molecule has 2 aliphatic rings. The lowest BCUT2D eigenvalue weighted by Crippen LogP contribution is -2.60. The first-order chi connectivity index (χ1) is 18.1. The third-order valence-electron chi connectivity index (χ3n) is 6.90. The van der Waals surface area contributed by atoms with Gasteiger partial charge in [0.25, 0.3) is 5.91 Å². The maximum absolute atomic E-state index is 13.1. The Hall–Kier alpha value is -3.59. The molecule has 4 unspecified atom stereocenters. The first-order valence-corrected chi connectivity index (χ1v) is 13.3. The van der Waals surface area contributed by atoms with Crippen molar-refractivity contribution in [3.05, 3.63) is 47.7 Å². The van der Waals surface area contributed by atoms with Gasteiger partial charge in [0.05, 0.1) is 11.2 Å². The molecule has 0 saturated carbocycles. The number of hydrazine groups is 1. The van der Waals surface area contributed by atoms with Gasteiger partial charge in [-0.2, -0.15) is 0 Å². The summed E-state index contributed by atoms with van der Waals surface area (Å²) in [6.45, 7) is 9.65. The van der Waals surface area contributed by atoms with Crippen molar-refractivity contribution >= 4 is 40.5 Å². The number of rotatable bonds is 1. The van der Waals surface area contributed by atoms with Crippen molar-refractivity contribution in [2.75, 3.05) is 6.54 Å². The van der Waals surface area contributed by atoms with E-state index in [1.165, 1.54) is 5.01 Å². The van der Waals surface area contributed by atoms with Crippen LogP contribution in [0.2, 0.25) is 0 Å². The molecule has 9 nitrogen and oxygen atoms in total. The molecule has 5 bridgehead atoms. The van der Waals surface area contributed by atoms with Gasteiger partial charge < -0.3 is 10.1 Å². The second-order valence-electron chi connectivity index (χ2n) is 10.5. The number of nitrogens with zero attached hydrogens (tertiary/aromatic N) is 3. The van der Waals surface area contributed by atoms with Gasteiger partial charge in [0.1, 0.15) is 24.2 Å². The fourth-order valence-corrected chi connectivity index (χ4v) is 4.67. The molecule has 2 amide bonds. The standard InChI is InChI=1S/C29H37N5O4/c1-17(2)26-27(35)31-19(4)28(36)34-15-7-10-24(33-34)29(37)38-20(5)23-14-13-22-12-11-21(16-25(22)32-23)9-6-8-18(3)30-26/h6,9,11-14,16-17,19-20,24,26,33H,7-8,10,15H2,1-5H3,(H,31,35)/b9-6+,30-18?. The maximum Gasteiger partial charge on any atom is 0.325 e. The smallest absolute Gasteiger partial charge is 0.325 e. The average molecular weight is 520 g/mol. The van der Waals surface area contributed by atoms with Crippen molar-refractivity contribution < 1.29 is 19.1 Å². The number of pyridine rings is 1. The lowest BCUT2D eigenvalue weighted by Gasteiger charge is -2.35. The highest BCUT2D eigenvalue weighted by atomic mass is 16.5. The number of hydrogen-bond donors (Lipinski definition) is 2. The predicted octanol–water partition coefficient (Wildman–Crippen LogP) is 3.74. The van der Waals surface area contributed by atoms with Crippen LogP contribution in [-0.2, 0) is 19.1 Å². The van der Waals surface area contributed by atoms with E-state index >= 15 is 0 Å². The number of nitrogens with one attached hydrogen (secondary N) is 2. The molecule has 1 aromatic heterocycles. The summed E-state index contributed by atoms with van der Waals surface area (Å²) in [5.74, 6) is -1.10. The lowest BCUT2D eigenvalue weighted by atomic mass is 10.0. The van der Waals surface area contributed by atoms with Gasteiger partial charge in [0, 0.05) is 24.1 Å². The third-order valence-corrected chi connectivity index (χ3v) is 6.90. The number of fused-ring (bicyclic) bond motifs is 4. The molecule has 1 aromatic carbocycles. The van der Waals surface area contributed by atoms with Crippen LogP contribution in [-0.4, -0.2) is 58.2 Å². The van der Waals surface area contributed by atoms with E-state index in [2.05, 4.69) is 15.7 Å². The van der Waals surface area contributed by atoms with E-state index in [1.54, 1.807) is 13.8 Å². The maximum atomic E-state index is 13.1. The zero-order chi connectivity index (χ0) is 27.4. The molecule has 1 saturated heterocycles. The van der Waals surface area contributed by atoms with Gasteiger partial charge in [-0.05, 0) is 57.2 Å². The monoisotopic (exact) mass is 519 g/mol. The molecule has 0 aliphatic carbocycles. The van der Waals surface area contributed by atoms with E-state index in [4.69, 9.17) is 9.72 Å². The number of ether oxygens (including phenoxy) is 1. The van der Waals surface area contributed by atoms with Gasteiger partial charge >= 0.3 is 5.97 Å². The first kappa shape index (κ1) is 27.4. The van der Waals surface area contributed by atoms with Gasteiger partial charge in [-0.1, -0.05) is 44.2 Å². The minimum absolute atomic E-state index is 0.0483. The number of benzene rings is 1. The summed E-state index contributed by atoms with van der Waals surface area (Å²) in [6, 6.07) is 7.80. The molecule has 4 rings (SSSR count). The fourth-order valence-electron chi connectivity index (χ4n) is 4.67. The largest absolute Gasteiger partial charge is 0.455 e. The molecule has 0 radical (unpaired) electrons. The van der Waals surface area contributed by atoms with E-state index < -0.39 is 30.2 Å². The predicted molar refractivity (Wildman–Crippen MR) is 147 cm³/mol. The summed E-state index contributed by atoms with van der Waals surface area (Å²) in [7, 11) is 0. The number of amides is 2. The van der Waals surface area contributed by atoms with Gasteiger partial charge in [-0.3, -0.25) is 24.4 Å². The number of carbonyl (C=O) groups excluding carboxylic acids is 3. The van der Waals surface area contributed by atoms with Crippen LogP contribution in [0.15, 0.2) is 41.4 Å². The molecular formula is C29H37N5O4. The Bertz CT molecular complexity index is 1270. The van der Waals surface area contributed by atoms with Crippen LogP contribution in [0.5, 0.6) is 0 Å². The topological polar surface area (TPSA) is 113 Å². The van der Waals surface area contributed by atoms with Crippen molar-refractivity contribution in [2.24, 2.45) is 10.9 Å². The Balaban J connectivity index is 1.67. The zero-order valence-corrected chi connectivity index (χ0v) is 22.7. The van der Waals surface area contributed by atoms with Crippen molar-refractivity contribution in [1.82, 2.24) is 20.7 Å². The van der Waals surface area contributed by atoms with Crippen LogP contribution in [0.1, 0.15) is 71.2 Å². The Morgan fingerprint density at radius 1 is 1.11 bits per heavy atom. The van der Waals surface area contributed by atoms with Crippen LogP contribution >= 0.6 is 0 Å². The van der Waals surface area contributed by atoms with E-state index in [0.29, 0.717) is 31.5 Å². The fraction of sp³-hybridized carbons (Fsp3) is 0.483. The van der Waals surface area contributed by atoms with Gasteiger partial charge in [-0.25, -0.2) is 10.4 Å². The van der Waals surface area contributed by atoms with Gasteiger partial charge in [-0.15, -0.1) is 0 Å². The highest BCUT2D eigenvalue weighted by Gasteiger charge is 2.33. The summed E-state index contributed by atoms with van der Waals surface area (Å²) in [4.78, 5) is 48.7. The highest BCUT2D eigenvalue weighted by molar-refractivity contribution is 5.92. The average Bonchev–Trinajstić information content (AvgIpc) is 2.90. The highest BCUT2D eigenvalue weighted by Crippen LogP contribution is 2.22. The summed E-state index contributed by atoms with van der Waals surface area (Å²) in [6.07, 6.45) is 5.22. The third kappa shape index (κ3) is 6.45. The molecule has 2 aromatic rings. The van der Waals surface area contributed by atoms with E-state index in [1.807, 2.05) is 63.3 Å². The van der Waals surface area contributed by atoms with Crippen LogP contribution in [0.25, 0.3) is 17.0 Å². The van der Waals surface area contributed by atoms with Crippen LogP contribution < -0.4 is 10.7 Å². The van der Waals surface area contributed by atoms with E-state index in [-0.39, 0.29) is 17.7 Å². The SMILES string of the molecule is CC1=NC(C(C)C)C(=O)NC(C)C(=O)N2CCCC(N2)C(=O)OC(C)c2ccc3ccc(cc3n2)/C=C/C1. The minimum Gasteiger partial charge on any atom is -0.455 e. The molecule has 2 aliphatic heterocycles. The summed E-state index contributed by atoms with van der Waals surface area (Å²) < 4.78 is 5.75. The molecule has 38 heavy (non-hydrogen) atoms. The number of esters is 1.